The first-order valence-corrected chi connectivity index (χ1v) is 11.9. The number of ether oxygens (including phenoxy) is 3. The molecule has 0 aliphatic carbocycles. The first-order valence-electron chi connectivity index (χ1n) is 11.5. The zero-order valence-corrected chi connectivity index (χ0v) is 21.1. The fraction of sp³-hybridized carbons (Fsp3) is 0.360. The third kappa shape index (κ3) is 7.28. The van der Waals surface area contributed by atoms with Gasteiger partial charge in [0.2, 0.25) is 6.29 Å². The highest BCUT2D eigenvalue weighted by Gasteiger charge is 2.47. The summed E-state index contributed by atoms with van der Waals surface area (Å²) in [5.41, 5.74) is 0.219. The molecule has 2 aromatic carbocycles. The highest BCUT2D eigenvalue weighted by atomic mass is 35.5. The van der Waals surface area contributed by atoms with Crippen molar-refractivity contribution in [1.82, 2.24) is 0 Å². The van der Waals surface area contributed by atoms with Gasteiger partial charge in [0.1, 0.15) is 49.3 Å². The number of aliphatic carboxylic acids is 1. The fourth-order valence-corrected chi connectivity index (χ4v) is 3.87. The maximum atomic E-state index is 13.8. The molecule has 3 rings (SSSR count). The Bertz CT molecular complexity index is 1210. The van der Waals surface area contributed by atoms with E-state index in [0.29, 0.717) is 0 Å². The number of esters is 2. The molecule has 0 spiro atoms. The molecule has 0 aromatic heterocycles. The summed E-state index contributed by atoms with van der Waals surface area (Å²) in [6, 6.07) is 9.78. The molecule has 0 bridgehead atoms. The lowest BCUT2D eigenvalue weighted by Gasteiger charge is -2.40. The number of carboxylic acids is 1. The van der Waals surface area contributed by atoms with Gasteiger partial charge >= 0.3 is 17.9 Å². The van der Waals surface area contributed by atoms with Gasteiger partial charge < -0.3 is 34.6 Å². The molecule has 6 atom stereocenters. The molecule has 1 heterocycles. The van der Waals surface area contributed by atoms with Crippen LogP contribution in [-0.2, 0) is 28.6 Å². The number of hydrogen-bond donors (Lipinski definition) is 4. The van der Waals surface area contributed by atoms with Crippen LogP contribution < -0.4 is 4.90 Å². The molecule has 2 aromatic rings. The number of aliphatic hydroxyl groups excluding tert-OH is 3. The van der Waals surface area contributed by atoms with Crippen molar-refractivity contribution in [2.75, 3.05) is 11.5 Å². The fourth-order valence-electron chi connectivity index (χ4n) is 3.69. The lowest BCUT2D eigenvalue weighted by Crippen LogP contribution is -2.60. The van der Waals surface area contributed by atoms with E-state index in [0.717, 1.165) is 17.0 Å². The van der Waals surface area contributed by atoms with Crippen LogP contribution in [0.15, 0.2) is 48.5 Å². The Morgan fingerprint density at radius 3 is 2.33 bits per heavy atom. The molecular weight excluding hydrogens is 545 g/mol. The first-order chi connectivity index (χ1) is 18.4. The van der Waals surface area contributed by atoms with Gasteiger partial charge in [0.05, 0.1) is 5.02 Å². The van der Waals surface area contributed by atoms with Crippen LogP contribution in [0.4, 0.5) is 10.1 Å². The second-order valence-corrected chi connectivity index (χ2v) is 8.93. The van der Waals surface area contributed by atoms with Gasteiger partial charge in [-0.25, -0.2) is 9.18 Å². The maximum Gasteiger partial charge on any atom is 0.331 e. The Kier molecular flexibility index (Phi) is 9.94. The number of nitrogens with zero attached hydrogens (tertiary/aromatic N) is 1. The zero-order valence-electron chi connectivity index (χ0n) is 20.3. The summed E-state index contributed by atoms with van der Waals surface area (Å²) in [5.74, 6) is -5.18. The number of aliphatic hydroxyl groups is 3. The van der Waals surface area contributed by atoms with Gasteiger partial charge in [0, 0.05) is 11.3 Å². The lowest BCUT2D eigenvalue weighted by atomic mass is 9.99. The molecule has 1 aliphatic rings. The van der Waals surface area contributed by atoms with Gasteiger partial charge in [0.25, 0.3) is 5.91 Å². The highest BCUT2D eigenvalue weighted by molar-refractivity contribution is 6.31. The SMILES string of the molecule is CC(C(=O)O[C@@H]1O[C@H](COC(=O)CC(=O)O)[C@@H](O)[C@H](O)[C@H]1O)N(C(=O)c1ccccc1)c1ccc(F)c(Cl)c1. The molecule has 1 fully saturated rings. The Hall–Kier alpha value is -3.62. The van der Waals surface area contributed by atoms with E-state index in [4.69, 9.17) is 30.9 Å². The molecule has 4 N–H and O–H groups in total. The van der Waals surface area contributed by atoms with Gasteiger partial charge in [0.15, 0.2) is 0 Å². The first kappa shape index (κ1) is 29.9. The van der Waals surface area contributed by atoms with Gasteiger partial charge in [-0.2, -0.15) is 0 Å². The van der Waals surface area contributed by atoms with E-state index < -0.39 is 79.4 Å². The Morgan fingerprint density at radius 2 is 1.72 bits per heavy atom. The molecule has 1 aliphatic heterocycles. The smallest absolute Gasteiger partial charge is 0.331 e. The summed E-state index contributed by atoms with van der Waals surface area (Å²) in [6.07, 6.45) is -10.0. The minimum absolute atomic E-state index is 0.0449. The van der Waals surface area contributed by atoms with Gasteiger partial charge in [-0.1, -0.05) is 29.8 Å². The topological polar surface area (TPSA) is 180 Å². The summed E-state index contributed by atoms with van der Waals surface area (Å²) in [4.78, 5) is 49.6. The molecule has 1 unspecified atom stereocenters. The number of anilines is 1. The third-order valence-corrected chi connectivity index (χ3v) is 6.04. The monoisotopic (exact) mass is 569 g/mol. The largest absolute Gasteiger partial charge is 0.481 e. The number of carboxylic acid groups (broad SMARTS) is 1. The van der Waals surface area contributed by atoms with Crippen LogP contribution in [0.3, 0.4) is 0 Å². The number of hydrogen-bond acceptors (Lipinski definition) is 10. The van der Waals surface area contributed by atoms with E-state index in [1.54, 1.807) is 18.2 Å². The molecule has 0 saturated carbocycles. The van der Waals surface area contributed by atoms with E-state index in [1.165, 1.54) is 25.1 Å². The van der Waals surface area contributed by atoms with Crippen molar-refractivity contribution in [3.63, 3.8) is 0 Å². The molecule has 1 amide bonds. The number of carbonyl (C=O) groups excluding carboxylic acids is 3. The lowest BCUT2D eigenvalue weighted by molar-refractivity contribution is -0.293. The molecule has 210 valence electrons. The molecule has 14 heteroatoms. The molecule has 12 nitrogen and oxygen atoms in total. The standard InChI is InChI=1S/C25H25ClFNO11/c1-12(28(14-7-8-16(27)15(26)9-14)23(35)13-5-3-2-4-6-13)24(36)39-25-22(34)21(33)20(32)17(38-25)11-37-19(31)10-18(29)30/h2-9,12,17,20-22,25,32-34H,10-11H2,1H3,(H,29,30)/t12?,17-,20-,21+,22-,25+/m1/s1. The predicted molar refractivity (Wildman–Crippen MR) is 130 cm³/mol. The van der Waals surface area contributed by atoms with Crippen molar-refractivity contribution in [2.45, 2.75) is 50.1 Å². The average Bonchev–Trinajstić information content (AvgIpc) is 2.90. The van der Waals surface area contributed by atoms with Gasteiger partial charge in [-0.05, 0) is 37.3 Å². The van der Waals surface area contributed by atoms with E-state index in [-0.39, 0.29) is 16.3 Å². The van der Waals surface area contributed by atoms with Crippen molar-refractivity contribution in [3.05, 3.63) is 64.9 Å². The second kappa shape index (κ2) is 13.0. The Labute approximate surface area is 226 Å². The quantitative estimate of drug-likeness (QED) is 0.249. The normalized spacial score (nSPS) is 23.4. The summed E-state index contributed by atoms with van der Waals surface area (Å²) in [7, 11) is 0. The van der Waals surface area contributed by atoms with Crippen LogP contribution in [0.1, 0.15) is 23.7 Å². The minimum atomic E-state index is -1.94. The maximum absolute atomic E-state index is 13.8. The van der Waals surface area contributed by atoms with Crippen LogP contribution in [0.5, 0.6) is 0 Å². The number of halogens is 2. The van der Waals surface area contributed by atoms with Crippen LogP contribution in [0, 0.1) is 5.82 Å². The highest BCUT2D eigenvalue weighted by Crippen LogP contribution is 2.28. The van der Waals surface area contributed by atoms with E-state index >= 15 is 0 Å². The molecule has 1 saturated heterocycles. The van der Waals surface area contributed by atoms with Gasteiger partial charge in [-0.3, -0.25) is 19.3 Å². The summed E-state index contributed by atoms with van der Waals surface area (Å²) >= 11 is 5.89. The van der Waals surface area contributed by atoms with Crippen LogP contribution in [-0.4, -0.2) is 87.6 Å². The van der Waals surface area contributed by atoms with E-state index in [9.17, 15) is 38.9 Å². The van der Waals surface area contributed by atoms with Crippen molar-refractivity contribution in [1.29, 1.82) is 0 Å². The van der Waals surface area contributed by atoms with Gasteiger partial charge in [-0.15, -0.1) is 0 Å². The Morgan fingerprint density at radius 1 is 1.05 bits per heavy atom. The van der Waals surface area contributed by atoms with Crippen LogP contribution in [0.25, 0.3) is 0 Å². The number of rotatable bonds is 9. The van der Waals surface area contributed by atoms with Crippen molar-refractivity contribution >= 4 is 41.1 Å². The van der Waals surface area contributed by atoms with Crippen molar-refractivity contribution in [2.24, 2.45) is 0 Å². The molecular formula is C25H25ClFNO11. The molecule has 0 radical (unpaired) electrons. The number of benzene rings is 2. The second-order valence-electron chi connectivity index (χ2n) is 8.52. The third-order valence-electron chi connectivity index (χ3n) is 5.75. The number of amides is 1. The Balaban J connectivity index is 1.81. The summed E-state index contributed by atoms with van der Waals surface area (Å²) in [6.45, 7) is 0.555. The van der Waals surface area contributed by atoms with Crippen molar-refractivity contribution < 1.29 is 58.2 Å². The predicted octanol–water partition coefficient (Wildman–Crippen LogP) is 0.883. The van der Waals surface area contributed by atoms with Crippen LogP contribution in [0.2, 0.25) is 5.02 Å². The van der Waals surface area contributed by atoms with E-state index in [1.807, 2.05) is 0 Å². The van der Waals surface area contributed by atoms with Crippen LogP contribution >= 0.6 is 11.6 Å². The minimum Gasteiger partial charge on any atom is -0.481 e. The van der Waals surface area contributed by atoms with Crippen molar-refractivity contribution in [3.8, 4) is 0 Å². The average molecular weight is 570 g/mol. The number of carbonyl (C=O) groups is 4. The zero-order chi connectivity index (χ0) is 28.9. The summed E-state index contributed by atoms with van der Waals surface area (Å²) < 4.78 is 29.0. The molecule has 39 heavy (non-hydrogen) atoms. The van der Waals surface area contributed by atoms with E-state index in [2.05, 4.69) is 0 Å². The summed E-state index contributed by atoms with van der Waals surface area (Å²) in [5, 5.41) is 39.0.